The Morgan fingerprint density at radius 1 is 0.284 bits per heavy atom. The van der Waals surface area contributed by atoms with Crippen molar-refractivity contribution in [2.45, 2.75) is 252 Å². The number of unbranched alkanes of at least 4 members (excludes halogenated alkanes) is 17. The molecule has 416 valence electrons. The lowest BCUT2D eigenvalue weighted by Gasteiger charge is -2.18. The minimum absolute atomic E-state index is 0.113. The van der Waals surface area contributed by atoms with Crippen LogP contribution < -0.4 is 0 Å². The first kappa shape index (κ1) is 69.3. The second-order valence-corrected chi connectivity index (χ2v) is 19.1. The topological polar surface area (TPSA) is 78.9 Å². The first-order valence-electron chi connectivity index (χ1n) is 29.8. The third kappa shape index (κ3) is 58.2. The van der Waals surface area contributed by atoms with Gasteiger partial charge in [-0.1, -0.05) is 263 Å². The van der Waals surface area contributed by atoms with Crippen LogP contribution in [0.25, 0.3) is 0 Å². The van der Waals surface area contributed by atoms with Crippen LogP contribution in [0.15, 0.2) is 146 Å². The number of carbonyl (C=O) groups is 3. The van der Waals surface area contributed by atoms with Crippen LogP contribution in [0.4, 0.5) is 0 Å². The summed E-state index contributed by atoms with van der Waals surface area (Å²) in [6.45, 7) is 6.30. The molecule has 0 aromatic rings. The molecule has 0 heterocycles. The highest BCUT2D eigenvalue weighted by molar-refractivity contribution is 5.71. The van der Waals surface area contributed by atoms with Gasteiger partial charge in [-0.3, -0.25) is 14.4 Å². The molecule has 0 bridgehead atoms. The van der Waals surface area contributed by atoms with Gasteiger partial charge in [0.25, 0.3) is 0 Å². The van der Waals surface area contributed by atoms with Crippen molar-refractivity contribution in [3.63, 3.8) is 0 Å². The van der Waals surface area contributed by atoms with E-state index in [0.717, 1.165) is 122 Å². The average Bonchev–Trinajstić information content (AvgIpc) is 3.40. The maximum atomic E-state index is 12.8. The summed E-state index contributed by atoms with van der Waals surface area (Å²) >= 11 is 0. The van der Waals surface area contributed by atoms with Crippen LogP contribution in [-0.4, -0.2) is 37.2 Å². The lowest BCUT2D eigenvalue weighted by atomic mass is 10.1. The summed E-state index contributed by atoms with van der Waals surface area (Å²) in [6, 6.07) is 0. The van der Waals surface area contributed by atoms with Crippen molar-refractivity contribution in [1.29, 1.82) is 0 Å². The van der Waals surface area contributed by atoms with Crippen LogP contribution in [0.1, 0.15) is 245 Å². The fourth-order valence-electron chi connectivity index (χ4n) is 7.71. The van der Waals surface area contributed by atoms with Crippen LogP contribution in [0, 0.1) is 0 Å². The van der Waals surface area contributed by atoms with Crippen molar-refractivity contribution < 1.29 is 28.6 Å². The molecule has 0 aromatic heterocycles. The molecule has 6 heteroatoms. The first-order valence-corrected chi connectivity index (χ1v) is 29.8. The molecule has 0 amide bonds. The fourth-order valence-corrected chi connectivity index (χ4v) is 7.71. The summed E-state index contributed by atoms with van der Waals surface area (Å²) in [5, 5.41) is 0. The molecule has 0 rings (SSSR count). The van der Waals surface area contributed by atoms with E-state index in [1.807, 2.05) is 12.2 Å². The van der Waals surface area contributed by atoms with Crippen LogP contribution in [-0.2, 0) is 28.6 Å². The van der Waals surface area contributed by atoms with Crippen molar-refractivity contribution >= 4 is 17.9 Å². The molecule has 0 aromatic carbocycles. The van der Waals surface area contributed by atoms with Gasteiger partial charge in [-0.25, -0.2) is 0 Å². The van der Waals surface area contributed by atoms with Gasteiger partial charge in [-0.2, -0.15) is 0 Å². The van der Waals surface area contributed by atoms with Gasteiger partial charge in [0, 0.05) is 19.3 Å². The highest BCUT2D eigenvalue weighted by atomic mass is 16.6. The van der Waals surface area contributed by atoms with Crippen LogP contribution in [0.2, 0.25) is 0 Å². The lowest BCUT2D eigenvalue weighted by molar-refractivity contribution is -0.166. The summed E-state index contributed by atoms with van der Waals surface area (Å²) in [5.41, 5.74) is 0. The number of hydrogen-bond acceptors (Lipinski definition) is 6. The Hall–Kier alpha value is -4.71. The number of carbonyl (C=O) groups excluding carboxylic acids is 3. The number of hydrogen-bond donors (Lipinski definition) is 0. The Morgan fingerprint density at radius 3 is 0.878 bits per heavy atom. The predicted molar refractivity (Wildman–Crippen MR) is 320 cm³/mol. The monoisotopic (exact) mass is 1020 g/mol. The summed E-state index contributed by atoms with van der Waals surface area (Å²) in [7, 11) is 0. The van der Waals surface area contributed by atoms with Gasteiger partial charge in [0.15, 0.2) is 6.10 Å². The quantitative estimate of drug-likeness (QED) is 0.0261. The number of rotatable bonds is 52. The van der Waals surface area contributed by atoms with E-state index in [1.165, 1.54) is 77.0 Å². The van der Waals surface area contributed by atoms with Gasteiger partial charge < -0.3 is 14.2 Å². The Labute approximate surface area is 455 Å². The molecular weight excluding hydrogens is 913 g/mol. The molecule has 6 nitrogen and oxygen atoms in total. The van der Waals surface area contributed by atoms with E-state index < -0.39 is 12.1 Å². The van der Waals surface area contributed by atoms with E-state index >= 15 is 0 Å². The smallest absolute Gasteiger partial charge is 0.306 e. The Bertz CT molecular complexity index is 1640. The highest BCUT2D eigenvalue weighted by Gasteiger charge is 2.19. The van der Waals surface area contributed by atoms with Gasteiger partial charge in [-0.05, 0) is 109 Å². The summed E-state index contributed by atoms with van der Waals surface area (Å²) < 4.78 is 16.7. The van der Waals surface area contributed by atoms with Crippen molar-refractivity contribution in [2.75, 3.05) is 13.2 Å². The largest absolute Gasteiger partial charge is 0.462 e. The normalized spacial score (nSPS) is 13.2. The molecular formula is C68H108O6. The number of allylic oxidation sites excluding steroid dienone is 24. The van der Waals surface area contributed by atoms with Gasteiger partial charge >= 0.3 is 17.9 Å². The molecule has 0 spiro atoms. The van der Waals surface area contributed by atoms with Gasteiger partial charge in [-0.15, -0.1) is 0 Å². The van der Waals surface area contributed by atoms with E-state index in [4.69, 9.17) is 14.2 Å². The van der Waals surface area contributed by atoms with Crippen molar-refractivity contribution in [2.24, 2.45) is 0 Å². The Balaban J connectivity index is 4.30. The number of esters is 3. The third-order valence-electron chi connectivity index (χ3n) is 12.1. The molecule has 1 unspecified atom stereocenters. The molecule has 0 saturated heterocycles. The van der Waals surface area contributed by atoms with E-state index in [9.17, 15) is 14.4 Å². The van der Waals surface area contributed by atoms with Crippen molar-refractivity contribution in [1.82, 2.24) is 0 Å². The van der Waals surface area contributed by atoms with Crippen LogP contribution in [0.3, 0.4) is 0 Å². The molecule has 1 atom stereocenters. The van der Waals surface area contributed by atoms with E-state index in [-0.39, 0.29) is 31.6 Å². The SMILES string of the molecule is CC/C=C\C/C=C\C/C=C\C/C=C\C/C=C\C/C=C\CCCCCCCCCCCCC(=O)OCC(COC(=O)CCCCCCCCCC)OC(=O)CC/C=C\C/C=C\C/C=C\C/C=C\C/C=C\C/C=C\CC. The van der Waals surface area contributed by atoms with E-state index in [0.29, 0.717) is 19.3 Å². The summed E-state index contributed by atoms with van der Waals surface area (Å²) in [4.78, 5) is 38.0. The zero-order valence-electron chi connectivity index (χ0n) is 47.5. The maximum Gasteiger partial charge on any atom is 0.306 e. The fraction of sp³-hybridized carbons (Fsp3) is 0.603. The molecule has 0 saturated carbocycles. The van der Waals surface area contributed by atoms with E-state index in [1.54, 1.807) is 0 Å². The minimum atomic E-state index is -0.823. The molecule has 0 radical (unpaired) electrons. The van der Waals surface area contributed by atoms with Gasteiger partial charge in [0.1, 0.15) is 13.2 Å². The summed E-state index contributed by atoms with van der Waals surface area (Å²) in [6.07, 6.45) is 87.3. The third-order valence-corrected chi connectivity index (χ3v) is 12.1. The van der Waals surface area contributed by atoms with Crippen LogP contribution >= 0.6 is 0 Å². The summed E-state index contributed by atoms with van der Waals surface area (Å²) in [5.74, 6) is -1.01. The molecule has 0 N–H and O–H groups in total. The molecule has 0 fully saturated rings. The first-order chi connectivity index (χ1) is 36.5. The van der Waals surface area contributed by atoms with Crippen molar-refractivity contribution in [3.05, 3.63) is 146 Å². The molecule has 0 aliphatic carbocycles. The Morgan fingerprint density at radius 2 is 0.554 bits per heavy atom. The molecule has 0 aliphatic rings. The zero-order chi connectivity index (χ0) is 53.6. The molecule has 74 heavy (non-hydrogen) atoms. The van der Waals surface area contributed by atoms with Gasteiger partial charge in [0.05, 0.1) is 0 Å². The van der Waals surface area contributed by atoms with Crippen molar-refractivity contribution in [3.8, 4) is 0 Å². The highest BCUT2D eigenvalue weighted by Crippen LogP contribution is 2.14. The maximum absolute atomic E-state index is 12.8. The number of ether oxygens (including phenoxy) is 3. The van der Waals surface area contributed by atoms with E-state index in [2.05, 4.69) is 154 Å². The second-order valence-electron chi connectivity index (χ2n) is 19.1. The Kier molecular flexibility index (Phi) is 57.0. The van der Waals surface area contributed by atoms with Crippen LogP contribution in [0.5, 0.6) is 0 Å². The lowest BCUT2D eigenvalue weighted by Crippen LogP contribution is -2.30. The predicted octanol–water partition coefficient (Wildman–Crippen LogP) is 20.4. The molecule has 0 aliphatic heterocycles. The zero-order valence-corrected chi connectivity index (χ0v) is 47.5. The average molecular weight is 1020 g/mol. The van der Waals surface area contributed by atoms with Gasteiger partial charge in [0.2, 0.25) is 0 Å². The second kappa shape index (κ2) is 60.8. The standard InChI is InChI=1S/C68H108O6/c1-4-7-10-13-16-19-21-23-25-27-29-30-31-32-33-34-35-36-37-38-40-41-43-45-47-49-52-55-58-61-67(70)73-64-65(63-72-66(69)60-57-54-51-18-15-12-9-6-3)74-68(71)62-59-56-53-50-48-46-44-42-39-28-26-24-22-20-17-14-11-8-5-2/h7-8,10-11,16-17,19-20,23-26,29-30,32-33,35-36,39,42,46,48,53,56,65H,4-6,9,12-15,18,21-22,27-28,31,34,37-38,40-41,43-45,47,49-52,54-55,57-64H2,1-3H3/b10-7-,11-8-,19-16-,20-17-,25-23-,26-24-,30-29-,33-32-,36-35-,42-39-,48-46-,56-53-. The minimum Gasteiger partial charge on any atom is -0.462 e.